The van der Waals surface area contributed by atoms with E-state index in [0.29, 0.717) is 41.5 Å². The van der Waals surface area contributed by atoms with Crippen LogP contribution >= 0.6 is 0 Å². The molecule has 4 heterocycles. The fourth-order valence-electron chi connectivity index (χ4n) is 4.31. The number of amides is 1. The molecule has 1 amide bonds. The van der Waals surface area contributed by atoms with Crippen molar-refractivity contribution in [2.24, 2.45) is 0 Å². The third kappa shape index (κ3) is 3.76. The molecular weight excluding hydrogens is 420 g/mol. The standard InChI is InChI=1S/C24H24N6O3/c1-15(16-7-4-3-5-8-16)29-13-17(14-33-2)26-23(31)18-10-11-20(27-22(18)29)30-19-9-6-12-25-21(19)28-24(30)32/h3-12,15,17H,13-14H2,1-2H3,(H,26,31)(H,25,28,32)/t15-,17+/m0/s1. The number of imidazole rings is 1. The molecule has 0 unspecified atom stereocenters. The van der Waals surface area contributed by atoms with E-state index in [1.54, 1.807) is 37.6 Å². The van der Waals surface area contributed by atoms with Crippen LogP contribution in [0.1, 0.15) is 28.9 Å². The first-order valence-electron chi connectivity index (χ1n) is 10.8. The molecule has 1 aliphatic rings. The lowest BCUT2D eigenvalue weighted by Gasteiger charge is -2.32. The lowest BCUT2D eigenvalue weighted by molar-refractivity contribution is 0.0906. The maximum absolute atomic E-state index is 13.1. The van der Waals surface area contributed by atoms with Gasteiger partial charge in [0.2, 0.25) is 0 Å². The number of pyridine rings is 2. The summed E-state index contributed by atoms with van der Waals surface area (Å²) >= 11 is 0. The Morgan fingerprint density at radius 3 is 2.73 bits per heavy atom. The summed E-state index contributed by atoms with van der Waals surface area (Å²) in [6.07, 6.45) is 1.62. The number of anilines is 1. The van der Waals surface area contributed by atoms with E-state index in [0.717, 1.165) is 5.56 Å². The number of aromatic amines is 1. The zero-order valence-corrected chi connectivity index (χ0v) is 18.4. The summed E-state index contributed by atoms with van der Waals surface area (Å²) in [7, 11) is 1.61. The Morgan fingerprint density at radius 1 is 1.12 bits per heavy atom. The van der Waals surface area contributed by atoms with Crippen molar-refractivity contribution < 1.29 is 9.53 Å². The molecule has 3 aromatic heterocycles. The van der Waals surface area contributed by atoms with E-state index in [4.69, 9.17) is 9.72 Å². The summed E-state index contributed by atoms with van der Waals surface area (Å²) in [5.41, 5.74) is 2.30. The van der Waals surface area contributed by atoms with Crippen LogP contribution in [-0.4, -0.2) is 51.7 Å². The predicted molar refractivity (Wildman–Crippen MR) is 125 cm³/mol. The van der Waals surface area contributed by atoms with Crippen LogP contribution in [0.15, 0.2) is 65.6 Å². The fraction of sp³-hybridized carbons (Fsp3) is 0.250. The molecular formula is C24H24N6O3. The summed E-state index contributed by atoms with van der Waals surface area (Å²) < 4.78 is 6.82. The minimum atomic E-state index is -0.339. The maximum atomic E-state index is 13.1. The first-order valence-corrected chi connectivity index (χ1v) is 10.8. The highest BCUT2D eigenvalue weighted by molar-refractivity contribution is 6.00. The zero-order valence-electron chi connectivity index (χ0n) is 18.4. The van der Waals surface area contributed by atoms with Gasteiger partial charge in [-0.05, 0) is 36.8 Å². The molecule has 0 bridgehead atoms. The lowest BCUT2D eigenvalue weighted by atomic mass is 10.1. The normalized spacial score (nSPS) is 16.8. The lowest BCUT2D eigenvalue weighted by Crippen LogP contribution is -2.44. The van der Waals surface area contributed by atoms with Crippen LogP contribution in [0.2, 0.25) is 0 Å². The average molecular weight is 444 g/mol. The van der Waals surface area contributed by atoms with Crippen LogP contribution < -0.4 is 15.9 Å². The minimum Gasteiger partial charge on any atom is -0.382 e. The van der Waals surface area contributed by atoms with E-state index in [2.05, 4.69) is 39.2 Å². The molecule has 0 saturated carbocycles. The number of nitrogens with one attached hydrogen (secondary N) is 2. The van der Waals surface area contributed by atoms with Crippen LogP contribution in [0, 0.1) is 0 Å². The molecule has 0 spiro atoms. The number of fused-ring (bicyclic) bond motifs is 2. The SMILES string of the molecule is COC[C@H]1CN([C@@H](C)c2ccccc2)c2nc(-n3c(=O)[nH]c4ncccc43)ccc2C(=O)N1. The molecule has 1 aromatic carbocycles. The number of H-pyrrole nitrogens is 1. The Bertz CT molecular complexity index is 1360. The number of hydrogen-bond acceptors (Lipinski definition) is 6. The van der Waals surface area contributed by atoms with Crippen molar-refractivity contribution in [2.75, 3.05) is 25.2 Å². The van der Waals surface area contributed by atoms with Gasteiger partial charge in [-0.3, -0.25) is 9.78 Å². The van der Waals surface area contributed by atoms with Gasteiger partial charge >= 0.3 is 5.69 Å². The number of nitrogens with zero attached hydrogens (tertiary/aromatic N) is 4. The average Bonchev–Trinajstić information content (AvgIpc) is 3.10. The number of methoxy groups -OCH3 is 1. The molecule has 0 fully saturated rings. The molecule has 9 nitrogen and oxygen atoms in total. The predicted octanol–water partition coefficient (Wildman–Crippen LogP) is 2.43. The number of aromatic nitrogens is 4. The van der Waals surface area contributed by atoms with Gasteiger partial charge < -0.3 is 15.0 Å². The molecule has 9 heteroatoms. The van der Waals surface area contributed by atoms with E-state index in [1.165, 1.54) is 4.57 Å². The highest BCUT2D eigenvalue weighted by atomic mass is 16.5. The quantitative estimate of drug-likeness (QED) is 0.490. The smallest absolute Gasteiger partial charge is 0.333 e. The van der Waals surface area contributed by atoms with Gasteiger partial charge in [-0.15, -0.1) is 0 Å². The van der Waals surface area contributed by atoms with Crippen molar-refractivity contribution in [3.63, 3.8) is 0 Å². The summed E-state index contributed by atoms with van der Waals surface area (Å²) in [5, 5.41) is 3.04. The van der Waals surface area contributed by atoms with Crippen LogP contribution in [0.5, 0.6) is 0 Å². The molecule has 2 N–H and O–H groups in total. The second-order valence-electron chi connectivity index (χ2n) is 8.04. The van der Waals surface area contributed by atoms with Gasteiger partial charge in [0.25, 0.3) is 5.91 Å². The van der Waals surface area contributed by atoms with Crippen molar-refractivity contribution in [3.05, 3.63) is 82.4 Å². The van der Waals surface area contributed by atoms with Crippen LogP contribution in [0.25, 0.3) is 17.0 Å². The Labute approximate surface area is 190 Å². The molecule has 4 aromatic rings. The van der Waals surface area contributed by atoms with Crippen molar-refractivity contribution >= 4 is 22.9 Å². The fourth-order valence-corrected chi connectivity index (χ4v) is 4.31. The van der Waals surface area contributed by atoms with Gasteiger partial charge in [0.1, 0.15) is 11.6 Å². The number of ether oxygens (including phenoxy) is 1. The summed E-state index contributed by atoms with van der Waals surface area (Å²) in [4.78, 5) is 39.7. The Kier molecular flexibility index (Phi) is 5.39. The topological polar surface area (TPSA) is 105 Å². The largest absolute Gasteiger partial charge is 0.382 e. The van der Waals surface area contributed by atoms with E-state index in [1.807, 2.05) is 18.2 Å². The second kappa shape index (κ2) is 8.51. The third-order valence-corrected chi connectivity index (χ3v) is 5.93. The van der Waals surface area contributed by atoms with E-state index < -0.39 is 0 Å². The van der Waals surface area contributed by atoms with Gasteiger partial charge in [-0.2, -0.15) is 0 Å². The summed E-state index contributed by atoms with van der Waals surface area (Å²) in [5.74, 6) is 0.716. The first-order chi connectivity index (χ1) is 16.1. The van der Waals surface area contributed by atoms with Gasteiger partial charge in [0.15, 0.2) is 5.65 Å². The second-order valence-corrected chi connectivity index (χ2v) is 8.04. The van der Waals surface area contributed by atoms with Gasteiger partial charge in [0, 0.05) is 19.9 Å². The van der Waals surface area contributed by atoms with Crippen LogP contribution in [0.4, 0.5) is 5.82 Å². The highest BCUT2D eigenvalue weighted by Gasteiger charge is 2.31. The summed E-state index contributed by atoms with van der Waals surface area (Å²) in [6, 6.07) is 16.7. The van der Waals surface area contributed by atoms with E-state index >= 15 is 0 Å². The van der Waals surface area contributed by atoms with E-state index in [9.17, 15) is 9.59 Å². The van der Waals surface area contributed by atoms with Crippen molar-refractivity contribution in [2.45, 2.75) is 19.0 Å². The molecule has 168 valence electrons. The molecule has 5 rings (SSSR count). The minimum absolute atomic E-state index is 0.0684. The van der Waals surface area contributed by atoms with Gasteiger partial charge in [-0.25, -0.2) is 19.3 Å². The molecule has 0 saturated heterocycles. The number of carbonyl (C=O) groups is 1. The van der Waals surface area contributed by atoms with Gasteiger partial charge in [-0.1, -0.05) is 30.3 Å². The Morgan fingerprint density at radius 2 is 1.94 bits per heavy atom. The number of hydrogen-bond donors (Lipinski definition) is 2. The molecule has 33 heavy (non-hydrogen) atoms. The first kappa shape index (κ1) is 20.9. The molecule has 0 aliphatic carbocycles. The van der Waals surface area contributed by atoms with Crippen LogP contribution in [-0.2, 0) is 4.74 Å². The Balaban J connectivity index is 1.67. The zero-order chi connectivity index (χ0) is 22.9. The maximum Gasteiger partial charge on any atom is 0.333 e. The number of carbonyl (C=O) groups excluding carboxylic acids is 1. The third-order valence-electron chi connectivity index (χ3n) is 5.93. The van der Waals surface area contributed by atoms with Crippen molar-refractivity contribution in [1.29, 1.82) is 0 Å². The van der Waals surface area contributed by atoms with E-state index in [-0.39, 0.29) is 23.7 Å². The number of benzene rings is 1. The van der Waals surface area contributed by atoms with Crippen molar-refractivity contribution in [1.82, 2.24) is 24.8 Å². The Hall–Kier alpha value is -3.98. The molecule has 1 aliphatic heterocycles. The molecule has 0 radical (unpaired) electrons. The molecule has 2 atom stereocenters. The van der Waals surface area contributed by atoms with Crippen molar-refractivity contribution in [3.8, 4) is 5.82 Å². The number of rotatable bonds is 5. The van der Waals surface area contributed by atoms with Gasteiger partial charge in [0.05, 0.1) is 29.8 Å². The highest BCUT2D eigenvalue weighted by Crippen LogP contribution is 2.31. The summed E-state index contributed by atoms with van der Waals surface area (Å²) in [6.45, 7) is 2.95. The van der Waals surface area contributed by atoms with Crippen LogP contribution in [0.3, 0.4) is 0 Å². The monoisotopic (exact) mass is 444 g/mol.